The van der Waals surface area contributed by atoms with E-state index in [0.717, 1.165) is 36.8 Å². The third-order valence-electron chi connectivity index (χ3n) is 3.78. The van der Waals surface area contributed by atoms with Crippen molar-refractivity contribution in [3.8, 4) is 5.75 Å². The van der Waals surface area contributed by atoms with Crippen LogP contribution in [0.5, 0.6) is 5.75 Å². The van der Waals surface area contributed by atoms with Crippen LogP contribution in [0.3, 0.4) is 0 Å². The van der Waals surface area contributed by atoms with E-state index in [1.165, 1.54) is 6.42 Å². The standard InChI is InChI=1S/C15H25N3O/c1-5-14-8-16-12(3)9-18(14)10-13-7-15(19-4)6-11(2)17-13/h6-7,12,14,16H,5,8-10H2,1-4H3. The molecular weight excluding hydrogens is 238 g/mol. The molecule has 2 rings (SSSR count). The Bertz CT molecular complexity index is 422. The van der Waals surface area contributed by atoms with Gasteiger partial charge in [-0.25, -0.2) is 0 Å². The van der Waals surface area contributed by atoms with Crippen LogP contribution in [0, 0.1) is 6.92 Å². The maximum atomic E-state index is 5.33. The number of aromatic nitrogens is 1. The molecule has 4 heteroatoms. The Labute approximate surface area is 116 Å². The van der Waals surface area contributed by atoms with Crippen LogP contribution >= 0.6 is 0 Å². The molecule has 1 aliphatic heterocycles. The Balaban J connectivity index is 2.11. The molecule has 1 N–H and O–H groups in total. The van der Waals surface area contributed by atoms with Gasteiger partial charge in [0, 0.05) is 49.5 Å². The molecule has 0 aromatic carbocycles. The Morgan fingerprint density at radius 2 is 2.26 bits per heavy atom. The first-order valence-corrected chi connectivity index (χ1v) is 7.11. The fourth-order valence-electron chi connectivity index (χ4n) is 2.74. The first kappa shape index (κ1) is 14.3. The molecule has 1 aromatic rings. The van der Waals surface area contributed by atoms with Crippen LogP contribution in [0.1, 0.15) is 31.7 Å². The van der Waals surface area contributed by atoms with E-state index in [9.17, 15) is 0 Å². The molecule has 0 spiro atoms. The zero-order chi connectivity index (χ0) is 13.8. The highest BCUT2D eigenvalue weighted by Gasteiger charge is 2.24. The fourth-order valence-corrected chi connectivity index (χ4v) is 2.74. The molecule has 2 unspecified atom stereocenters. The number of methoxy groups -OCH3 is 1. The molecule has 1 aliphatic rings. The van der Waals surface area contributed by atoms with Gasteiger partial charge in [-0.1, -0.05) is 6.92 Å². The van der Waals surface area contributed by atoms with Gasteiger partial charge >= 0.3 is 0 Å². The molecule has 0 bridgehead atoms. The number of rotatable bonds is 4. The summed E-state index contributed by atoms with van der Waals surface area (Å²) in [6, 6.07) is 5.17. The summed E-state index contributed by atoms with van der Waals surface area (Å²) >= 11 is 0. The quantitative estimate of drug-likeness (QED) is 0.901. The number of ether oxygens (including phenoxy) is 1. The molecular formula is C15H25N3O. The van der Waals surface area contributed by atoms with Crippen molar-refractivity contribution in [2.45, 2.75) is 45.8 Å². The van der Waals surface area contributed by atoms with Crippen LogP contribution in [0.25, 0.3) is 0 Å². The predicted molar refractivity (Wildman–Crippen MR) is 77.5 cm³/mol. The molecule has 106 valence electrons. The van der Waals surface area contributed by atoms with E-state index in [1.807, 2.05) is 19.1 Å². The minimum atomic E-state index is 0.550. The normalized spacial score (nSPS) is 24.4. The largest absolute Gasteiger partial charge is 0.497 e. The summed E-state index contributed by atoms with van der Waals surface area (Å²) in [4.78, 5) is 7.16. The van der Waals surface area contributed by atoms with Crippen molar-refractivity contribution in [1.82, 2.24) is 15.2 Å². The first-order valence-electron chi connectivity index (χ1n) is 7.11. The van der Waals surface area contributed by atoms with Gasteiger partial charge in [-0.05, 0) is 20.3 Å². The van der Waals surface area contributed by atoms with Crippen molar-refractivity contribution in [1.29, 1.82) is 0 Å². The van der Waals surface area contributed by atoms with Crippen molar-refractivity contribution < 1.29 is 4.74 Å². The first-order chi connectivity index (χ1) is 9.12. The summed E-state index contributed by atoms with van der Waals surface area (Å²) in [7, 11) is 1.71. The number of aryl methyl sites for hydroxylation is 1. The minimum absolute atomic E-state index is 0.550. The number of hydrogen-bond acceptors (Lipinski definition) is 4. The lowest BCUT2D eigenvalue weighted by Crippen LogP contribution is -2.54. The van der Waals surface area contributed by atoms with Crippen LogP contribution in [0.4, 0.5) is 0 Å². The molecule has 1 fully saturated rings. The van der Waals surface area contributed by atoms with Gasteiger partial charge in [-0.15, -0.1) is 0 Å². The average molecular weight is 263 g/mol. The zero-order valence-corrected chi connectivity index (χ0v) is 12.4. The maximum absolute atomic E-state index is 5.33. The van der Waals surface area contributed by atoms with Gasteiger partial charge < -0.3 is 10.1 Å². The Hall–Kier alpha value is -1.13. The second-order valence-electron chi connectivity index (χ2n) is 5.44. The van der Waals surface area contributed by atoms with E-state index < -0.39 is 0 Å². The second kappa shape index (κ2) is 6.35. The van der Waals surface area contributed by atoms with E-state index in [1.54, 1.807) is 7.11 Å². The molecule has 1 aromatic heterocycles. The van der Waals surface area contributed by atoms with Crippen LogP contribution in [0.2, 0.25) is 0 Å². The van der Waals surface area contributed by atoms with Crippen molar-refractivity contribution >= 4 is 0 Å². The number of pyridine rings is 1. The highest BCUT2D eigenvalue weighted by molar-refractivity contribution is 5.26. The van der Waals surface area contributed by atoms with E-state index in [2.05, 4.69) is 29.0 Å². The Morgan fingerprint density at radius 1 is 1.47 bits per heavy atom. The number of hydrogen-bond donors (Lipinski definition) is 1. The smallest absolute Gasteiger partial charge is 0.122 e. The van der Waals surface area contributed by atoms with Crippen molar-refractivity contribution in [3.63, 3.8) is 0 Å². The van der Waals surface area contributed by atoms with Crippen molar-refractivity contribution in [3.05, 3.63) is 23.5 Å². The Morgan fingerprint density at radius 3 is 2.95 bits per heavy atom. The average Bonchev–Trinajstić information content (AvgIpc) is 2.38. The van der Waals surface area contributed by atoms with Gasteiger partial charge in [0.15, 0.2) is 0 Å². The van der Waals surface area contributed by atoms with Gasteiger partial charge in [0.2, 0.25) is 0 Å². The highest BCUT2D eigenvalue weighted by Crippen LogP contribution is 2.18. The molecule has 1 saturated heterocycles. The van der Waals surface area contributed by atoms with Gasteiger partial charge in [0.05, 0.1) is 12.8 Å². The molecule has 19 heavy (non-hydrogen) atoms. The maximum Gasteiger partial charge on any atom is 0.122 e. The Kier molecular flexibility index (Phi) is 4.77. The lowest BCUT2D eigenvalue weighted by atomic mass is 10.1. The second-order valence-corrected chi connectivity index (χ2v) is 5.44. The molecule has 2 atom stereocenters. The van der Waals surface area contributed by atoms with Gasteiger partial charge in [0.1, 0.15) is 5.75 Å². The third-order valence-corrected chi connectivity index (χ3v) is 3.78. The monoisotopic (exact) mass is 263 g/mol. The van der Waals surface area contributed by atoms with E-state index in [4.69, 9.17) is 4.74 Å². The lowest BCUT2D eigenvalue weighted by Gasteiger charge is -2.38. The predicted octanol–water partition coefficient (Wildman–Crippen LogP) is 1.97. The third kappa shape index (κ3) is 3.67. The minimum Gasteiger partial charge on any atom is -0.497 e. The van der Waals surface area contributed by atoms with E-state index in [-0.39, 0.29) is 0 Å². The van der Waals surface area contributed by atoms with Gasteiger partial charge in [-0.3, -0.25) is 9.88 Å². The number of piperazine rings is 1. The summed E-state index contributed by atoms with van der Waals surface area (Å²) < 4.78 is 5.33. The van der Waals surface area contributed by atoms with E-state index >= 15 is 0 Å². The van der Waals surface area contributed by atoms with Crippen LogP contribution in [0.15, 0.2) is 12.1 Å². The summed E-state index contributed by atoms with van der Waals surface area (Å²) in [5, 5.41) is 3.55. The molecule has 0 amide bonds. The zero-order valence-electron chi connectivity index (χ0n) is 12.4. The molecule has 4 nitrogen and oxygen atoms in total. The lowest BCUT2D eigenvalue weighted by molar-refractivity contribution is 0.122. The molecule has 0 radical (unpaired) electrons. The fraction of sp³-hybridized carbons (Fsp3) is 0.667. The van der Waals surface area contributed by atoms with Gasteiger partial charge in [-0.2, -0.15) is 0 Å². The summed E-state index contributed by atoms with van der Waals surface area (Å²) in [6.07, 6.45) is 1.17. The molecule has 0 saturated carbocycles. The SMILES string of the molecule is CCC1CNC(C)CN1Cc1cc(OC)cc(C)n1. The molecule has 2 heterocycles. The van der Waals surface area contributed by atoms with Crippen LogP contribution < -0.4 is 10.1 Å². The molecule has 0 aliphatic carbocycles. The topological polar surface area (TPSA) is 37.4 Å². The highest BCUT2D eigenvalue weighted by atomic mass is 16.5. The van der Waals surface area contributed by atoms with E-state index in [0.29, 0.717) is 12.1 Å². The summed E-state index contributed by atoms with van der Waals surface area (Å²) in [5.74, 6) is 0.902. The summed E-state index contributed by atoms with van der Waals surface area (Å²) in [6.45, 7) is 9.56. The van der Waals surface area contributed by atoms with Crippen LogP contribution in [-0.4, -0.2) is 42.2 Å². The van der Waals surface area contributed by atoms with Gasteiger partial charge in [0.25, 0.3) is 0 Å². The van der Waals surface area contributed by atoms with Crippen LogP contribution in [-0.2, 0) is 6.54 Å². The van der Waals surface area contributed by atoms with Crippen molar-refractivity contribution in [2.75, 3.05) is 20.2 Å². The summed E-state index contributed by atoms with van der Waals surface area (Å²) in [5.41, 5.74) is 2.12. The van der Waals surface area contributed by atoms with Crippen molar-refractivity contribution in [2.24, 2.45) is 0 Å². The number of nitrogens with one attached hydrogen (secondary N) is 1. The number of nitrogens with zero attached hydrogens (tertiary/aromatic N) is 2.